The Morgan fingerprint density at radius 2 is 1.32 bits per heavy atom. The highest BCUT2D eigenvalue weighted by molar-refractivity contribution is 8.09. The maximum absolute atomic E-state index is 4.24. The van der Waals surface area contributed by atoms with E-state index in [9.17, 15) is 0 Å². The van der Waals surface area contributed by atoms with E-state index in [1.807, 2.05) is 0 Å². The summed E-state index contributed by atoms with van der Waals surface area (Å²) in [6.45, 7) is 23.2. The quantitative estimate of drug-likeness (QED) is 0.239. The first kappa shape index (κ1) is 26.5. The van der Waals surface area contributed by atoms with E-state index in [1.165, 1.54) is 24.8 Å². The zero-order valence-corrected chi connectivity index (χ0v) is 27.1. The molecule has 3 heteroatoms. The van der Waals surface area contributed by atoms with Crippen LogP contribution in [0.2, 0.25) is 0 Å². The van der Waals surface area contributed by atoms with Crippen molar-refractivity contribution >= 4 is 23.8 Å². The summed E-state index contributed by atoms with van der Waals surface area (Å²) in [4.78, 5) is 0.804. The van der Waals surface area contributed by atoms with E-state index >= 15 is 0 Å². The summed E-state index contributed by atoms with van der Waals surface area (Å²) in [6, 6.07) is 22.8. The molecule has 37 heavy (non-hydrogen) atoms. The highest BCUT2D eigenvalue weighted by atomic mass is 31.2. The fraction of sp³-hybridized carbons (Fsp3) is 0.588. The van der Waals surface area contributed by atoms with E-state index in [0.29, 0.717) is 31.2 Å². The zero-order chi connectivity index (χ0) is 26.6. The lowest BCUT2D eigenvalue weighted by Crippen LogP contribution is -2.41. The van der Waals surface area contributed by atoms with Gasteiger partial charge < -0.3 is 0 Å². The highest BCUT2D eigenvalue weighted by Gasteiger charge is 3.09. The standard InChI is InChI=1S/C34H45P3/c1-10-29(4,5)28-36-27-32(26-21-17-14-18-22-26)34(37(28)32,31(8,9)12-3)35(33(27,36)30(6,7)11-2)24-23-25-19-15-13-16-20-25/h13-22,27-28H,10-12H2,1-9H3/t27-,28?,32+,33-,34-,35?,36?,37?/m1/s1. The van der Waals surface area contributed by atoms with Crippen LogP contribution in [-0.2, 0) is 5.16 Å². The third-order valence-corrected chi connectivity index (χ3v) is 27.6. The lowest BCUT2D eigenvalue weighted by molar-refractivity contribution is 0.302. The molecule has 2 aromatic carbocycles. The largest absolute Gasteiger partial charge is 0.0796 e. The predicted molar refractivity (Wildman–Crippen MR) is 167 cm³/mol. The lowest BCUT2D eigenvalue weighted by atomic mass is 9.74. The minimum atomic E-state index is -0.443. The van der Waals surface area contributed by atoms with E-state index in [4.69, 9.17) is 0 Å². The summed E-state index contributed by atoms with van der Waals surface area (Å²) >= 11 is 0. The molecule has 4 fully saturated rings. The first-order valence-electron chi connectivity index (χ1n) is 14.5. The Morgan fingerprint density at radius 3 is 1.86 bits per heavy atom. The molecular formula is C34H45P3. The van der Waals surface area contributed by atoms with E-state index in [2.05, 4.69) is 135 Å². The minimum Gasteiger partial charge on any atom is -0.0796 e. The molecule has 0 amide bonds. The molecule has 8 atom stereocenters. The van der Waals surface area contributed by atoms with Gasteiger partial charge in [-0.3, -0.25) is 0 Å². The molecule has 0 aromatic heterocycles. The lowest BCUT2D eigenvalue weighted by Gasteiger charge is -2.53. The van der Waals surface area contributed by atoms with E-state index in [1.54, 1.807) is 5.56 Å². The van der Waals surface area contributed by atoms with Crippen LogP contribution < -0.4 is 0 Å². The van der Waals surface area contributed by atoms with E-state index < -0.39 is 7.92 Å². The Labute approximate surface area is 230 Å². The number of rotatable bonds is 7. The smallest absolute Gasteiger partial charge is 0.0434 e. The molecule has 196 valence electrons. The van der Waals surface area contributed by atoms with Crippen molar-refractivity contribution in [2.24, 2.45) is 16.2 Å². The summed E-state index contributed by atoms with van der Waals surface area (Å²) in [5.74, 6) is 3.82. The van der Waals surface area contributed by atoms with E-state index in [0.717, 1.165) is 11.1 Å². The monoisotopic (exact) mass is 546 g/mol. The molecule has 0 radical (unpaired) electrons. The number of fused-ring (bicyclic) bond motifs is 2. The summed E-state index contributed by atoms with van der Waals surface area (Å²) in [5, 5.41) is 1.30. The maximum atomic E-state index is 4.24. The fourth-order valence-electron chi connectivity index (χ4n) is 8.67. The summed E-state index contributed by atoms with van der Waals surface area (Å²) < 4.78 is 0. The highest BCUT2D eigenvalue weighted by Crippen LogP contribution is 3.28. The Balaban J connectivity index is 1.68. The molecule has 0 aliphatic carbocycles. The minimum absolute atomic E-state index is 0.0394. The van der Waals surface area contributed by atoms with Gasteiger partial charge in [-0.05, 0) is 54.7 Å². The van der Waals surface area contributed by atoms with Crippen molar-refractivity contribution in [1.29, 1.82) is 0 Å². The molecule has 0 bridgehead atoms. The molecule has 4 heterocycles. The van der Waals surface area contributed by atoms with Gasteiger partial charge in [0.1, 0.15) is 0 Å². The van der Waals surface area contributed by atoms with E-state index in [-0.39, 0.29) is 15.8 Å². The molecule has 0 nitrogen and oxygen atoms in total. The normalized spacial score (nSPS) is 39.1. The molecule has 4 aliphatic heterocycles. The summed E-state index contributed by atoms with van der Waals surface area (Å²) in [7, 11) is -0.611. The molecule has 0 saturated carbocycles. The molecular weight excluding hydrogens is 501 g/mol. The van der Waals surface area contributed by atoms with Gasteiger partial charge >= 0.3 is 0 Å². The van der Waals surface area contributed by atoms with Crippen molar-refractivity contribution in [1.82, 2.24) is 0 Å². The third kappa shape index (κ3) is 2.80. The number of hydrogen-bond acceptors (Lipinski definition) is 0. The molecule has 0 spiro atoms. The Hall–Kier alpha value is -0.710. The van der Waals surface area contributed by atoms with Crippen LogP contribution in [0.1, 0.15) is 92.7 Å². The van der Waals surface area contributed by atoms with Crippen molar-refractivity contribution in [3.05, 3.63) is 71.8 Å². The number of hydrogen-bond donors (Lipinski definition) is 0. The van der Waals surface area contributed by atoms with Crippen LogP contribution in [-0.4, -0.2) is 20.9 Å². The SMILES string of the molecule is CCC(C)(C)C1P2[C@H]3[C@@]2(C(C)(C)CC)P(C#Cc2ccccc2)[C@]2(C(C)(C)CC)P1[C@@]32c1ccccc1. The van der Waals surface area contributed by atoms with Crippen LogP contribution in [0.15, 0.2) is 60.7 Å². The second-order valence-electron chi connectivity index (χ2n) is 13.8. The van der Waals surface area contributed by atoms with Gasteiger partial charge in [0.05, 0.1) is 0 Å². The second kappa shape index (κ2) is 8.16. The summed E-state index contributed by atoms with van der Waals surface area (Å²) in [5.41, 5.74) is 9.03. The molecule has 2 aromatic rings. The van der Waals surface area contributed by atoms with Gasteiger partial charge in [-0.2, -0.15) is 0 Å². The third-order valence-electron chi connectivity index (χ3n) is 11.4. The van der Waals surface area contributed by atoms with Crippen molar-refractivity contribution in [2.45, 2.75) is 108 Å². The summed E-state index contributed by atoms with van der Waals surface area (Å²) in [6.07, 6.45) is 3.81. The predicted octanol–water partition coefficient (Wildman–Crippen LogP) is 10.8. The van der Waals surface area contributed by atoms with Gasteiger partial charge in [0.25, 0.3) is 0 Å². The van der Waals surface area contributed by atoms with Gasteiger partial charge in [-0.25, -0.2) is 0 Å². The number of benzene rings is 2. The second-order valence-corrected chi connectivity index (χ2v) is 22.4. The van der Waals surface area contributed by atoms with Crippen LogP contribution >= 0.6 is 23.8 Å². The van der Waals surface area contributed by atoms with Crippen LogP contribution in [0, 0.1) is 27.8 Å². The molecule has 4 aliphatic rings. The van der Waals surface area contributed by atoms with Gasteiger partial charge in [-0.15, -0.1) is 0 Å². The Bertz CT molecular complexity index is 1270. The fourth-order valence-corrected chi connectivity index (χ4v) is 32.1. The van der Waals surface area contributed by atoms with Gasteiger partial charge in [-0.1, -0.05) is 145 Å². The Kier molecular flexibility index (Phi) is 5.85. The van der Waals surface area contributed by atoms with Gasteiger partial charge in [0, 0.05) is 31.6 Å². The van der Waals surface area contributed by atoms with Crippen LogP contribution in [0.5, 0.6) is 0 Å². The zero-order valence-electron chi connectivity index (χ0n) is 24.4. The first-order valence-corrected chi connectivity index (χ1v) is 18.7. The Morgan fingerprint density at radius 1 is 0.757 bits per heavy atom. The first-order chi connectivity index (χ1) is 17.5. The topological polar surface area (TPSA) is 0 Å². The van der Waals surface area contributed by atoms with Gasteiger partial charge in [0.15, 0.2) is 0 Å². The molecule has 4 unspecified atom stereocenters. The van der Waals surface area contributed by atoms with Crippen molar-refractivity contribution in [2.75, 3.05) is 0 Å². The van der Waals surface area contributed by atoms with Crippen molar-refractivity contribution < 1.29 is 0 Å². The molecule has 6 rings (SSSR count). The maximum Gasteiger partial charge on any atom is 0.0434 e. The molecule has 4 saturated heterocycles. The van der Waals surface area contributed by atoms with Gasteiger partial charge in [0.2, 0.25) is 0 Å². The molecule has 0 N–H and O–H groups in total. The average molecular weight is 547 g/mol. The van der Waals surface area contributed by atoms with Crippen LogP contribution in [0.3, 0.4) is 0 Å². The van der Waals surface area contributed by atoms with Crippen molar-refractivity contribution in [3.63, 3.8) is 0 Å². The van der Waals surface area contributed by atoms with Crippen LogP contribution in [0.25, 0.3) is 0 Å². The van der Waals surface area contributed by atoms with Crippen molar-refractivity contribution in [3.8, 4) is 11.6 Å². The van der Waals surface area contributed by atoms with Crippen LogP contribution in [0.4, 0.5) is 0 Å². The average Bonchev–Trinajstić information content (AvgIpc) is 3.71.